The van der Waals surface area contributed by atoms with Crippen LogP contribution in [0.2, 0.25) is 0 Å². The van der Waals surface area contributed by atoms with Crippen LogP contribution in [0.15, 0.2) is 42.9 Å². The van der Waals surface area contributed by atoms with E-state index < -0.39 is 0 Å². The molecule has 0 saturated heterocycles. The molecule has 0 aliphatic heterocycles. The molecule has 4 aromatic heterocycles. The van der Waals surface area contributed by atoms with Crippen LogP contribution in [0.1, 0.15) is 15.9 Å². The van der Waals surface area contributed by atoms with Crippen molar-refractivity contribution in [2.24, 2.45) is 7.05 Å². The van der Waals surface area contributed by atoms with Crippen molar-refractivity contribution in [3.63, 3.8) is 0 Å². The van der Waals surface area contributed by atoms with E-state index in [4.69, 9.17) is 4.74 Å². The first kappa shape index (κ1) is 21.6. The lowest BCUT2D eigenvalue weighted by Crippen LogP contribution is -2.20. The van der Waals surface area contributed by atoms with Gasteiger partial charge in [-0.1, -0.05) is 0 Å². The molecule has 3 N–H and O–H groups in total. The first-order chi connectivity index (χ1) is 16.0. The Bertz CT molecular complexity index is 1300. The fourth-order valence-corrected chi connectivity index (χ4v) is 3.12. The van der Waals surface area contributed by atoms with Crippen LogP contribution >= 0.6 is 0 Å². The maximum atomic E-state index is 12.5. The molecule has 33 heavy (non-hydrogen) atoms. The van der Waals surface area contributed by atoms with Crippen molar-refractivity contribution in [2.45, 2.75) is 6.92 Å². The second-order valence-corrected chi connectivity index (χ2v) is 7.01. The number of aromatic nitrogens is 7. The summed E-state index contributed by atoms with van der Waals surface area (Å²) in [5.74, 6) is 1.98. The van der Waals surface area contributed by atoms with Gasteiger partial charge in [-0.2, -0.15) is 4.80 Å². The van der Waals surface area contributed by atoms with Crippen LogP contribution in [0.25, 0.3) is 11.4 Å². The van der Waals surface area contributed by atoms with E-state index in [0.717, 1.165) is 5.56 Å². The zero-order valence-corrected chi connectivity index (χ0v) is 18.5. The van der Waals surface area contributed by atoms with Crippen LogP contribution in [0.3, 0.4) is 0 Å². The number of amides is 1. The number of nitrogens with one attached hydrogen (secondary N) is 3. The Kier molecular flexibility index (Phi) is 6.06. The van der Waals surface area contributed by atoms with Crippen molar-refractivity contribution in [1.82, 2.24) is 40.5 Å². The van der Waals surface area contributed by atoms with Crippen molar-refractivity contribution in [3.8, 4) is 17.1 Å². The lowest BCUT2D eigenvalue weighted by atomic mass is 10.2. The normalized spacial score (nSPS) is 10.5. The Morgan fingerprint density at radius 1 is 1.06 bits per heavy atom. The highest BCUT2D eigenvalue weighted by Crippen LogP contribution is 2.35. The van der Waals surface area contributed by atoms with E-state index in [9.17, 15) is 4.79 Å². The third kappa shape index (κ3) is 4.69. The topological polar surface area (TPSA) is 145 Å². The standard InChI is InChI=1S/C21H22N10O2/c1-12-5-7-23-16(9-12)27-17-10-15(14(11-25-17)21(32)22-2)26-20-18(33-4)13(6-8-24-20)19-28-30-31(3)29-19/h5-11H,1-4H3,(H,22,32)(H2,23,24,25,26,27). The van der Waals surface area contributed by atoms with Crippen LogP contribution in [0.4, 0.5) is 23.1 Å². The molecule has 0 radical (unpaired) electrons. The largest absolute Gasteiger partial charge is 0.492 e. The zero-order valence-electron chi connectivity index (χ0n) is 18.5. The lowest BCUT2D eigenvalue weighted by Gasteiger charge is -2.16. The fraction of sp³-hybridized carbons (Fsp3) is 0.190. The average Bonchev–Trinajstić information content (AvgIpc) is 3.25. The molecule has 1 amide bonds. The summed E-state index contributed by atoms with van der Waals surface area (Å²) in [6, 6.07) is 7.22. The van der Waals surface area contributed by atoms with Crippen LogP contribution < -0.4 is 20.7 Å². The summed E-state index contributed by atoms with van der Waals surface area (Å²) in [4.78, 5) is 26.9. The van der Waals surface area contributed by atoms with Gasteiger partial charge in [0.2, 0.25) is 5.82 Å². The second-order valence-electron chi connectivity index (χ2n) is 7.01. The van der Waals surface area contributed by atoms with Crippen molar-refractivity contribution < 1.29 is 9.53 Å². The van der Waals surface area contributed by atoms with Gasteiger partial charge in [-0.05, 0) is 35.9 Å². The predicted octanol–water partition coefficient (Wildman–Crippen LogP) is 2.23. The predicted molar refractivity (Wildman–Crippen MR) is 122 cm³/mol. The van der Waals surface area contributed by atoms with Gasteiger partial charge in [-0.25, -0.2) is 15.0 Å². The molecular weight excluding hydrogens is 424 g/mol. The van der Waals surface area contributed by atoms with E-state index in [1.165, 1.54) is 18.1 Å². The van der Waals surface area contributed by atoms with Crippen LogP contribution in [-0.4, -0.2) is 55.2 Å². The Morgan fingerprint density at radius 3 is 2.55 bits per heavy atom. The van der Waals surface area contributed by atoms with Crippen LogP contribution in [0, 0.1) is 6.92 Å². The fourth-order valence-electron chi connectivity index (χ4n) is 3.12. The summed E-state index contributed by atoms with van der Waals surface area (Å²) in [6.45, 7) is 1.97. The number of hydrogen-bond donors (Lipinski definition) is 3. The number of rotatable bonds is 7. The molecule has 0 aliphatic rings. The van der Waals surface area contributed by atoms with E-state index in [1.807, 2.05) is 19.1 Å². The van der Waals surface area contributed by atoms with E-state index in [0.29, 0.717) is 45.8 Å². The first-order valence-electron chi connectivity index (χ1n) is 9.94. The average molecular weight is 446 g/mol. The molecule has 4 heterocycles. The van der Waals surface area contributed by atoms with Crippen molar-refractivity contribution in [3.05, 3.63) is 54.0 Å². The molecule has 168 valence electrons. The third-order valence-electron chi connectivity index (χ3n) is 4.66. The van der Waals surface area contributed by atoms with Gasteiger partial charge in [0.25, 0.3) is 5.91 Å². The van der Waals surface area contributed by atoms with Gasteiger partial charge >= 0.3 is 0 Å². The molecule has 0 aromatic carbocycles. The third-order valence-corrected chi connectivity index (χ3v) is 4.66. The number of tetrazole rings is 1. The minimum absolute atomic E-state index is 0.309. The van der Waals surface area contributed by atoms with Gasteiger partial charge < -0.3 is 20.7 Å². The van der Waals surface area contributed by atoms with Gasteiger partial charge in [0, 0.05) is 31.7 Å². The molecular formula is C21H22N10O2. The summed E-state index contributed by atoms with van der Waals surface area (Å²) in [5, 5.41) is 21.1. The number of anilines is 4. The summed E-state index contributed by atoms with van der Waals surface area (Å²) >= 11 is 0. The molecule has 12 heteroatoms. The maximum absolute atomic E-state index is 12.5. The van der Waals surface area contributed by atoms with Gasteiger partial charge in [0.1, 0.15) is 11.6 Å². The minimum atomic E-state index is -0.309. The number of pyridine rings is 3. The summed E-state index contributed by atoms with van der Waals surface area (Å²) in [5.41, 5.74) is 2.44. The number of carbonyl (C=O) groups is 1. The Morgan fingerprint density at radius 2 is 1.85 bits per heavy atom. The molecule has 0 fully saturated rings. The maximum Gasteiger partial charge on any atom is 0.254 e. The van der Waals surface area contributed by atoms with E-state index in [2.05, 4.69) is 46.3 Å². The van der Waals surface area contributed by atoms with E-state index >= 15 is 0 Å². The van der Waals surface area contributed by atoms with Gasteiger partial charge in [-0.3, -0.25) is 4.79 Å². The van der Waals surface area contributed by atoms with Crippen LogP contribution in [0.5, 0.6) is 5.75 Å². The highest BCUT2D eigenvalue weighted by molar-refractivity contribution is 6.00. The monoisotopic (exact) mass is 446 g/mol. The van der Waals surface area contributed by atoms with Gasteiger partial charge in [0.15, 0.2) is 11.6 Å². The number of nitrogens with zero attached hydrogens (tertiary/aromatic N) is 7. The smallest absolute Gasteiger partial charge is 0.254 e. The summed E-state index contributed by atoms with van der Waals surface area (Å²) in [6.07, 6.45) is 4.77. The lowest BCUT2D eigenvalue weighted by molar-refractivity contribution is 0.0963. The molecule has 0 atom stereocenters. The Balaban J connectivity index is 1.73. The number of aryl methyl sites for hydroxylation is 2. The molecule has 0 bridgehead atoms. The molecule has 0 spiro atoms. The number of hydrogen-bond acceptors (Lipinski definition) is 10. The summed E-state index contributed by atoms with van der Waals surface area (Å²) < 4.78 is 5.59. The van der Waals surface area contributed by atoms with Crippen molar-refractivity contribution in [1.29, 1.82) is 0 Å². The van der Waals surface area contributed by atoms with Crippen molar-refractivity contribution in [2.75, 3.05) is 24.8 Å². The number of methoxy groups -OCH3 is 1. The minimum Gasteiger partial charge on any atom is -0.492 e. The van der Waals surface area contributed by atoms with Crippen LogP contribution in [-0.2, 0) is 7.05 Å². The quantitative estimate of drug-likeness (QED) is 0.386. The highest BCUT2D eigenvalue weighted by Gasteiger charge is 2.19. The first-order valence-corrected chi connectivity index (χ1v) is 9.94. The summed E-state index contributed by atoms with van der Waals surface area (Å²) in [7, 11) is 4.74. The van der Waals surface area contributed by atoms with Gasteiger partial charge in [-0.15, -0.1) is 10.2 Å². The van der Waals surface area contributed by atoms with Gasteiger partial charge in [0.05, 0.1) is 31.0 Å². The number of ether oxygens (including phenoxy) is 1. The van der Waals surface area contributed by atoms with E-state index in [1.54, 1.807) is 38.6 Å². The van der Waals surface area contributed by atoms with Crippen molar-refractivity contribution >= 4 is 29.0 Å². The molecule has 12 nitrogen and oxygen atoms in total. The number of carbonyl (C=O) groups excluding carboxylic acids is 1. The zero-order chi connectivity index (χ0) is 23.4. The molecule has 0 aliphatic carbocycles. The SMILES string of the molecule is CNC(=O)c1cnc(Nc2cc(C)ccn2)cc1Nc1nccc(-c2nnn(C)n2)c1OC. The molecule has 0 saturated carbocycles. The van der Waals surface area contributed by atoms with E-state index in [-0.39, 0.29) is 5.91 Å². The molecule has 0 unspecified atom stereocenters. The molecule has 4 rings (SSSR count). The highest BCUT2D eigenvalue weighted by atomic mass is 16.5. The second kappa shape index (κ2) is 9.26. The Hall–Kier alpha value is -4.61. The molecule has 4 aromatic rings. The Labute approximate surface area is 189 Å².